The Morgan fingerprint density at radius 1 is 0.500 bits per heavy atom. The van der Waals surface area contributed by atoms with E-state index in [-0.39, 0.29) is 5.97 Å². The van der Waals surface area contributed by atoms with Crippen molar-refractivity contribution in [2.75, 3.05) is 59.5 Å². The molecule has 0 aromatic carbocycles. The third kappa shape index (κ3) is 23.3. The molecule has 0 rings (SSSR count). The minimum absolute atomic E-state index is 0.123. The number of ether oxygens (including phenoxy) is 5. The Labute approximate surface area is 172 Å². The van der Waals surface area contributed by atoms with Crippen LogP contribution in [0.2, 0.25) is 0 Å². The van der Waals surface area contributed by atoms with Gasteiger partial charge in [-0.2, -0.15) is 0 Å². The van der Waals surface area contributed by atoms with Crippen LogP contribution in [0.1, 0.15) is 78.1 Å². The maximum Gasteiger partial charge on any atom is 0.305 e. The quantitative estimate of drug-likeness (QED) is 0.184. The topological polar surface area (TPSA) is 63.2 Å². The molecular weight excluding hydrogens is 360 g/mol. The third-order valence-electron chi connectivity index (χ3n) is 4.19. The molecule has 0 N–H and O–H groups in total. The van der Waals surface area contributed by atoms with E-state index in [1.807, 2.05) is 0 Å². The molecule has 0 aromatic rings. The summed E-state index contributed by atoms with van der Waals surface area (Å²) in [5.41, 5.74) is 0. The molecule has 28 heavy (non-hydrogen) atoms. The summed E-state index contributed by atoms with van der Waals surface area (Å²) < 4.78 is 27.0. The lowest BCUT2D eigenvalue weighted by atomic mass is 10.2. The van der Waals surface area contributed by atoms with Crippen molar-refractivity contribution >= 4 is 5.97 Å². The minimum atomic E-state index is -0.123. The Balaban J connectivity index is 3.10. The van der Waals surface area contributed by atoms with Gasteiger partial charge in [-0.15, -0.1) is 0 Å². The lowest BCUT2D eigenvalue weighted by Crippen LogP contribution is -2.12. The molecule has 0 spiro atoms. The largest absolute Gasteiger partial charge is 0.466 e. The van der Waals surface area contributed by atoms with Gasteiger partial charge >= 0.3 is 5.97 Å². The van der Waals surface area contributed by atoms with E-state index in [0.717, 1.165) is 25.9 Å². The number of hydrogen-bond donors (Lipinski definition) is 0. The zero-order chi connectivity index (χ0) is 20.5. The molecule has 6 nitrogen and oxygen atoms in total. The van der Waals surface area contributed by atoms with Crippen molar-refractivity contribution in [3.63, 3.8) is 0 Å². The lowest BCUT2D eigenvalue weighted by Gasteiger charge is -2.08. The van der Waals surface area contributed by atoms with Crippen molar-refractivity contribution < 1.29 is 28.5 Å². The number of unbranched alkanes of at least 4 members (excludes halogenated alkanes) is 6. The lowest BCUT2D eigenvalue weighted by molar-refractivity contribution is -0.144. The summed E-state index contributed by atoms with van der Waals surface area (Å²) >= 11 is 0. The average Bonchev–Trinajstić information content (AvgIpc) is 2.70. The van der Waals surface area contributed by atoms with Gasteiger partial charge < -0.3 is 23.7 Å². The van der Waals surface area contributed by atoms with E-state index >= 15 is 0 Å². The van der Waals surface area contributed by atoms with Crippen molar-refractivity contribution in [2.45, 2.75) is 78.1 Å². The first kappa shape index (κ1) is 27.3. The first-order valence-electron chi connectivity index (χ1n) is 11.3. The van der Waals surface area contributed by atoms with Crippen molar-refractivity contribution in [3.05, 3.63) is 0 Å². The molecule has 0 fully saturated rings. The zero-order valence-corrected chi connectivity index (χ0v) is 18.4. The van der Waals surface area contributed by atoms with E-state index in [9.17, 15) is 4.79 Å². The smallest absolute Gasteiger partial charge is 0.305 e. The summed E-state index contributed by atoms with van der Waals surface area (Å²) in [5, 5.41) is 0. The van der Waals surface area contributed by atoms with Gasteiger partial charge in [0, 0.05) is 19.6 Å². The van der Waals surface area contributed by atoms with Gasteiger partial charge in [-0.05, 0) is 19.3 Å². The molecule has 0 amide bonds. The summed E-state index contributed by atoms with van der Waals surface area (Å²) in [6.45, 7) is 9.76. The maximum absolute atomic E-state index is 11.6. The molecule has 0 radical (unpaired) electrons. The van der Waals surface area contributed by atoms with Crippen LogP contribution in [0.4, 0.5) is 0 Å². The highest BCUT2D eigenvalue weighted by Crippen LogP contribution is 2.03. The standard InChI is InChI=1S/C22H44O6/c1-3-5-7-8-10-15-28-22(23)12-11-14-25-17-19-27-21-20-26-18-16-24-13-9-6-4-2/h3-21H2,1-2H3. The van der Waals surface area contributed by atoms with E-state index in [2.05, 4.69) is 13.8 Å². The molecule has 168 valence electrons. The molecule has 0 aliphatic carbocycles. The van der Waals surface area contributed by atoms with Crippen LogP contribution in [0.15, 0.2) is 0 Å². The average molecular weight is 405 g/mol. The van der Waals surface area contributed by atoms with Gasteiger partial charge in [0.15, 0.2) is 0 Å². The van der Waals surface area contributed by atoms with E-state index in [1.54, 1.807) is 0 Å². The molecule has 0 bridgehead atoms. The van der Waals surface area contributed by atoms with Crippen LogP contribution in [-0.4, -0.2) is 65.4 Å². The number of hydrogen-bond acceptors (Lipinski definition) is 6. The molecule has 0 saturated carbocycles. The van der Waals surface area contributed by atoms with Crippen molar-refractivity contribution in [3.8, 4) is 0 Å². The first-order chi connectivity index (χ1) is 13.8. The van der Waals surface area contributed by atoms with Gasteiger partial charge in [0.25, 0.3) is 0 Å². The fourth-order valence-electron chi connectivity index (χ4n) is 2.50. The Morgan fingerprint density at radius 3 is 1.50 bits per heavy atom. The summed E-state index contributed by atoms with van der Waals surface area (Å²) in [6, 6.07) is 0. The van der Waals surface area contributed by atoms with Gasteiger partial charge in [0.05, 0.1) is 46.2 Å². The molecular formula is C22H44O6. The van der Waals surface area contributed by atoms with Crippen LogP contribution >= 0.6 is 0 Å². The highest BCUT2D eigenvalue weighted by atomic mass is 16.6. The third-order valence-corrected chi connectivity index (χ3v) is 4.19. The monoisotopic (exact) mass is 404 g/mol. The van der Waals surface area contributed by atoms with Crippen LogP contribution in [0.25, 0.3) is 0 Å². The molecule has 0 saturated heterocycles. The molecule has 0 aromatic heterocycles. The molecule has 0 heterocycles. The van der Waals surface area contributed by atoms with Gasteiger partial charge in [-0.1, -0.05) is 52.4 Å². The van der Waals surface area contributed by atoms with E-state index in [4.69, 9.17) is 23.7 Å². The Morgan fingerprint density at radius 2 is 0.929 bits per heavy atom. The predicted molar refractivity (Wildman–Crippen MR) is 112 cm³/mol. The highest BCUT2D eigenvalue weighted by molar-refractivity contribution is 5.69. The normalized spacial score (nSPS) is 11.1. The Bertz CT molecular complexity index is 311. The molecule has 0 atom stereocenters. The number of rotatable bonds is 23. The van der Waals surface area contributed by atoms with Crippen molar-refractivity contribution in [2.24, 2.45) is 0 Å². The summed E-state index contributed by atoms with van der Waals surface area (Å²) in [4.78, 5) is 11.6. The maximum atomic E-state index is 11.6. The summed E-state index contributed by atoms with van der Waals surface area (Å²) in [7, 11) is 0. The highest BCUT2D eigenvalue weighted by Gasteiger charge is 2.02. The Hall–Kier alpha value is -0.690. The molecule has 6 heteroatoms. The van der Waals surface area contributed by atoms with Gasteiger partial charge in [0.1, 0.15) is 0 Å². The molecule has 0 aliphatic rings. The number of esters is 1. The molecule has 0 aliphatic heterocycles. The van der Waals surface area contributed by atoms with Gasteiger partial charge in [-0.3, -0.25) is 4.79 Å². The van der Waals surface area contributed by atoms with Crippen LogP contribution in [0.5, 0.6) is 0 Å². The zero-order valence-electron chi connectivity index (χ0n) is 18.4. The number of carbonyl (C=O) groups excluding carboxylic acids is 1. The predicted octanol–water partition coefficient (Wildman–Crippen LogP) is 4.54. The van der Waals surface area contributed by atoms with Crippen LogP contribution in [0, 0.1) is 0 Å². The van der Waals surface area contributed by atoms with Crippen molar-refractivity contribution in [1.82, 2.24) is 0 Å². The van der Waals surface area contributed by atoms with E-state index in [0.29, 0.717) is 65.7 Å². The van der Waals surface area contributed by atoms with Crippen LogP contribution < -0.4 is 0 Å². The first-order valence-corrected chi connectivity index (χ1v) is 11.3. The van der Waals surface area contributed by atoms with E-state index in [1.165, 1.54) is 32.1 Å². The fourth-order valence-corrected chi connectivity index (χ4v) is 2.50. The van der Waals surface area contributed by atoms with Gasteiger partial charge in [-0.25, -0.2) is 0 Å². The second kappa shape index (κ2) is 24.3. The Kier molecular flexibility index (Phi) is 23.7. The summed E-state index contributed by atoms with van der Waals surface area (Å²) in [5.74, 6) is -0.123. The molecule has 0 unspecified atom stereocenters. The van der Waals surface area contributed by atoms with Gasteiger partial charge in [0.2, 0.25) is 0 Å². The van der Waals surface area contributed by atoms with Crippen molar-refractivity contribution in [1.29, 1.82) is 0 Å². The fraction of sp³-hybridized carbons (Fsp3) is 0.955. The number of carbonyl (C=O) groups is 1. The van der Waals surface area contributed by atoms with Crippen LogP contribution in [-0.2, 0) is 28.5 Å². The van der Waals surface area contributed by atoms with E-state index < -0.39 is 0 Å². The minimum Gasteiger partial charge on any atom is -0.466 e. The summed E-state index contributed by atoms with van der Waals surface area (Å²) in [6.07, 6.45) is 10.5. The second-order valence-electron chi connectivity index (χ2n) is 6.89. The SMILES string of the molecule is CCCCCCCOC(=O)CCCOCCOCCOCCOCCCCC. The van der Waals surface area contributed by atoms with Crippen LogP contribution in [0.3, 0.4) is 0 Å². The second-order valence-corrected chi connectivity index (χ2v) is 6.89.